The highest BCUT2D eigenvalue weighted by atomic mass is 16.8. The smallest absolute Gasteiger partial charge is 0.168 e. The molecule has 0 spiro atoms. The summed E-state index contributed by atoms with van der Waals surface area (Å²) in [7, 11) is 0. The van der Waals surface area contributed by atoms with Gasteiger partial charge in [0.2, 0.25) is 0 Å². The zero-order valence-electron chi connectivity index (χ0n) is 16.5. The summed E-state index contributed by atoms with van der Waals surface area (Å²) in [4.78, 5) is 14.0. The Morgan fingerprint density at radius 2 is 1.83 bits per heavy atom. The van der Waals surface area contributed by atoms with E-state index in [-0.39, 0.29) is 18.8 Å². The Labute approximate surface area is 171 Å². The minimum atomic E-state index is -0.741. The van der Waals surface area contributed by atoms with Crippen LogP contribution in [-0.4, -0.2) is 59.7 Å². The third-order valence-corrected chi connectivity index (χ3v) is 5.67. The highest BCUT2D eigenvalue weighted by Crippen LogP contribution is 2.43. The first-order valence-corrected chi connectivity index (χ1v) is 9.92. The Kier molecular flexibility index (Phi) is 3.79. The molecule has 2 saturated heterocycles. The lowest BCUT2D eigenvalue weighted by atomic mass is 10.1. The molecular weight excluding hydrogens is 386 g/mol. The maximum Gasteiger partial charge on any atom is 0.168 e. The van der Waals surface area contributed by atoms with E-state index in [1.54, 1.807) is 12.7 Å². The molecule has 1 aromatic carbocycles. The maximum absolute atomic E-state index is 9.75. The molecule has 0 amide bonds. The average molecular weight is 407 g/mol. The normalized spacial score (nSPS) is 27.8. The highest BCUT2D eigenvalue weighted by molar-refractivity contribution is 5.86. The predicted octanol–water partition coefficient (Wildman–Crippen LogP) is 2.16. The van der Waals surface area contributed by atoms with Gasteiger partial charge in [0, 0.05) is 11.8 Å². The molecule has 0 bridgehead atoms. The van der Waals surface area contributed by atoms with Gasteiger partial charge >= 0.3 is 0 Å². The fourth-order valence-corrected chi connectivity index (χ4v) is 4.38. The number of aliphatic hydroxyl groups excluding tert-OH is 1. The van der Waals surface area contributed by atoms with Gasteiger partial charge in [0.05, 0.1) is 18.6 Å². The first-order valence-electron chi connectivity index (χ1n) is 9.92. The Hall–Kier alpha value is -2.85. The number of benzene rings is 1. The lowest BCUT2D eigenvalue weighted by Gasteiger charge is -2.24. The first-order chi connectivity index (χ1) is 14.5. The van der Waals surface area contributed by atoms with Crippen LogP contribution in [0.1, 0.15) is 20.1 Å². The highest BCUT2D eigenvalue weighted by Gasteiger charge is 2.56. The van der Waals surface area contributed by atoms with E-state index in [1.165, 1.54) is 0 Å². The summed E-state index contributed by atoms with van der Waals surface area (Å²) < 4.78 is 21.8. The van der Waals surface area contributed by atoms with Crippen LogP contribution in [0.5, 0.6) is 0 Å². The molecule has 30 heavy (non-hydrogen) atoms. The van der Waals surface area contributed by atoms with E-state index < -0.39 is 18.1 Å². The second kappa shape index (κ2) is 6.32. The van der Waals surface area contributed by atoms with E-state index in [1.807, 2.05) is 59.3 Å². The second-order valence-electron chi connectivity index (χ2n) is 8.10. The van der Waals surface area contributed by atoms with E-state index in [2.05, 4.69) is 9.97 Å². The van der Waals surface area contributed by atoms with Crippen LogP contribution in [0.4, 0.5) is 0 Å². The molecule has 4 aromatic rings. The average Bonchev–Trinajstić information content (AvgIpc) is 3.48. The minimum absolute atomic E-state index is 0.151. The molecule has 2 aliphatic heterocycles. The van der Waals surface area contributed by atoms with Crippen molar-refractivity contribution in [1.82, 2.24) is 23.9 Å². The van der Waals surface area contributed by atoms with Crippen LogP contribution in [-0.2, 0) is 14.2 Å². The van der Waals surface area contributed by atoms with Crippen molar-refractivity contribution >= 4 is 16.8 Å². The Bertz CT molecular complexity index is 1230. The van der Waals surface area contributed by atoms with Crippen molar-refractivity contribution in [2.24, 2.45) is 0 Å². The van der Waals surface area contributed by atoms with E-state index >= 15 is 0 Å². The molecule has 1 N–H and O–H groups in total. The maximum atomic E-state index is 9.75. The summed E-state index contributed by atoms with van der Waals surface area (Å²) in [5.41, 5.74) is 3.91. The second-order valence-corrected chi connectivity index (χ2v) is 8.10. The van der Waals surface area contributed by atoms with Gasteiger partial charge in [-0.1, -0.05) is 30.3 Å². The summed E-state index contributed by atoms with van der Waals surface area (Å²) in [5, 5.41) is 9.75. The molecule has 9 heteroatoms. The largest absolute Gasteiger partial charge is 0.394 e. The molecular formula is C21H21N5O4. The molecule has 9 nitrogen and oxygen atoms in total. The van der Waals surface area contributed by atoms with E-state index in [0.29, 0.717) is 11.2 Å². The molecule has 0 radical (unpaired) electrons. The van der Waals surface area contributed by atoms with Crippen molar-refractivity contribution in [2.45, 2.75) is 44.2 Å². The zero-order valence-corrected chi connectivity index (χ0v) is 16.5. The lowest BCUT2D eigenvalue weighted by Crippen LogP contribution is -2.31. The summed E-state index contributed by atoms with van der Waals surface area (Å²) in [5.74, 6) is -0.741. The van der Waals surface area contributed by atoms with Gasteiger partial charge in [-0.15, -0.1) is 0 Å². The van der Waals surface area contributed by atoms with Crippen LogP contribution < -0.4 is 0 Å². The number of aromatic nitrogens is 5. The number of nitrogens with zero attached hydrogens (tertiary/aromatic N) is 5. The topological polar surface area (TPSA) is 95.9 Å². The summed E-state index contributed by atoms with van der Waals surface area (Å²) >= 11 is 0. The molecule has 4 atom stereocenters. The lowest BCUT2D eigenvalue weighted by molar-refractivity contribution is -0.199. The van der Waals surface area contributed by atoms with Crippen LogP contribution in [0.2, 0.25) is 0 Å². The molecule has 5 heterocycles. The standard InChI is InChI=1S/C21H21N5O4/c1-21(2)29-16-14(9-27)28-20(17(16)30-21)26-11-22-15-18(26)23-10-25-8-13(24-19(15)25)12-6-4-3-5-7-12/h3-8,10-11,14,16-17,20,27H,9H2,1-2H3/t14-,16-,17-,20-/m1/s1. The summed E-state index contributed by atoms with van der Waals surface area (Å²) in [6.45, 7) is 3.57. The molecule has 2 aliphatic rings. The number of imidazole rings is 2. The van der Waals surface area contributed by atoms with Gasteiger partial charge in [0.1, 0.15) is 24.6 Å². The van der Waals surface area contributed by atoms with Crippen molar-refractivity contribution < 1.29 is 19.3 Å². The van der Waals surface area contributed by atoms with Gasteiger partial charge in [0.15, 0.2) is 28.8 Å². The predicted molar refractivity (Wildman–Crippen MR) is 107 cm³/mol. The van der Waals surface area contributed by atoms with Crippen LogP contribution in [0, 0.1) is 0 Å². The van der Waals surface area contributed by atoms with Gasteiger partial charge in [-0.3, -0.25) is 8.97 Å². The Balaban J connectivity index is 1.44. The van der Waals surface area contributed by atoms with Crippen molar-refractivity contribution in [3.8, 4) is 11.3 Å². The van der Waals surface area contributed by atoms with Gasteiger partial charge in [0.25, 0.3) is 0 Å². The number of ether oxygens (including phenoxy) is 3. The number of rotatable bonds is 3. The molecule has 6 rings (SSSR count). The molecule has 3 aromatic heterocycles. The zero-order chi connectivity index (χ0) is 20.5. The van der Waals surface area contributed by atoms with Crippen LogP contribution in [0.25, 0.3) is 28.1 Å². The molecule has 154 valence electrons. The van der Waals surface area contributed by atoms with Gasteiger partial charge in [-0.05, 0) is 13.8 Å². The van der Waals surface area contributed by atoms with Crippen molar-refractivity contribution in [3.05, 3.63) is 49.2 Å². The van der Waals surface area contributed by atoms with Crippen LogP contribution in [0.15, 0.2) is 49.2 Å². The Morgan fingerprint density at radius 1 is 1.03 bits per heavy atom. The van der Waals surface area contributed by atoms with Gasteiger partial charge in [-0.25, -0.2) is 15.0 Å². The minimum Gasteiger partial charge on any atom is -0.394 e. The molecule has 0 aliphatic carbocycles. The molecule has 0 saturated carbocycles. The number of fused-ring (bicyclic) bond motifs is 4. The van der Waals surface area contributed by atoms with Gasteiger partial charge in [-0.2, -0.15) is 0 Å². The third-order valence-electron chi connectivity index (χ3n) is 5.67. The van der Waals surface area contributed by atoms with E-state index in [0.717, 1.165) is 16.9 Å². The number of hydrogen-bond donors (Lipinski definition) is 1. The van der Waals surface area contributed by atoms with Crippen molar-refractivity contribution in [1.29, 1.82) is 0 Å². The SMILES string of the molecule is CC1(C)O[C@@H]2[C@H](O1)[C@@H](CO)O[C@H]2n1cnc2c1ncn1cc(-c3ccccc3)nc21. The van der Waals surface area contributed by atoms with E-state index in [4.69, 9.17) is 19.2 Å². The van der Waals surface area contributed by atoms with Crippen LogP contribution in [0.3, 0.4) is 0 Å². The first kappa shape index (κ1) is 18.0. The fraction of sp³-hybridized carbons (Fsp3) is 0.381. The molecule has 0 unspecified atom stereocenters. The van der Waals surface area contributed by atoms with Gasteiger partial charge < -0.3 is 19.3 Å². The van der Waals surface area contributed by atoms with E-state index in [9.17, 15) is 5.11 Å². The quantitative estimate of drug-likeness (QED) is 0.556. The Morgan fingerprint density at radius 3 is 2.63 bits per heavy atom. The van der Waals surface area contributed by atoms with Crippen LogP contribution >= 0.6 is 0 Å². The number of hydrogen-bond acceptors (Lipinski definition) is 7. The fourth-order valence-electron chi connectivity index (χ4n) is 4.38. The number of aliphatic hydroxyl groups is 1. The molecule has 2 fully saturated rings. The summed E-state index contributed by atoms with van der Waals surface area (Å²) in [6, 6.07) is 9.99. The monoisotopic (exact) mass is 407 g/mol. The van der Waals surface area contributed by atoms with Crippen molar-refractivity contribution in [2.75, 3.05) is 6.61 Å². The summed E-state index contributed by atoms with van der Waals surface area (Å²) in [6.07, 6.45) is 3.65. The third kappa shape index (κ3) is 2.60. The van der Waals surface area contributed by atoms with Crippen molar-refractivity contribution in [3.63, 3.8) is 0 Å².